The van der Waals surface area contributed by atoms with Crippen LogP contribution in [0.4, 0.5) is 11.4 Å². The lowest BCUT2D eigenvalue weighted by Gasteiger charge is -2.16. The molecule has 3 aromatic carbocycles. The maximum atomic E-state index is 12.7. The van der Waals surface area contributed by atoms with Crippen LogP contribution < -0.4 is 19.5 Å². The van der Waals surface area contributed by atoms with Crippen molar-refractivity contribution in [2.24, 2.45) is 4.99 Å². The Bertz CT molecular complexity index is 1450. The number of aliphatic imine (C=N–C) groups is 1. The molecule has 10 heteroatoms. The summed E-state index contributed by atoms with van der Waals surface area (Å²) < 4.78 is 17.1. The molecule has 1 fully saturated rings. The predicted octanol–water partition coefficient (Wildman–Crippen LogP) is 6.20. The maximum Gasteiger partial charge on any atom is 0.269 e. The Hall–Kier alpha value is -4.57. The number of carbonyl (C=O) groups is 1. The highest BCUT2D eigenvalue weighted by atomic mass is 32.2. The van der Waals surface area contributed by atoms with E-state index in [1.165, 1.54) is 31.0 Å². The number of amidine groups is 1. The van der Waals surface area contributed by atoms with E-state index < -0.39 is 4.92 Å². The monoisotopic (exact) mass is 545 g/mol. The Morgan fingerprint density at radius 1 is 1.13 bits per heavy atom. The second kappa shape index (κ2) is 12.8. The summed E-state index contributed by atoms with van der Waals surface area (Å²) in [6.07, 6.45) is 3.99. The van der Waals surface area contributed by atoms with Gasteiger partial charge in [0, 0.05) is 17.7 Å². The smallest absolute Gasteiger partial charge is 0.269 e. The van der Waals surface area contributed by atoms with Crippen LogP contribution in [0, 0.1) is 10.1 Å². The van der Waals surface area contributed by atoms with E-state index in [1.807, 2.05) is 37.3 Å². The van der Waals surface area contributed by atoms with Gasteiger partial charge in [0.05, 0.1) is 29.2 Å². The SMILES string of the molecule is C=CCc1cc(/C=C2/SC(=Nc3ccc(OCC)cc3)NC2=O)cc(OC)c1OCc1cccc([N+](=O)[O-])c1. The number of nitrogens with one attached hydrogen (secondary N) is 1. The van der Waals surface area contributed by atoms with Crippen molar-refractivity contribution in [3.8, 4) is 17.2 Å². The number of nitrogens with zero attached hydrogens (tertiary/aromatic N) is 2. The summed E-state index contributed by atoms with van der Waals surface area (Å²) >= 11 is 1.24. The van der Waals surface area contributed by atoms with E-state index >= 15 is 0 Å². The molecule has 1 aliphatic heterocycles. The lowest BCUT2D eigenvalue weighted by molar-refractivity contribution is -0.384. The Morgan fingerprint density at radius 3 is 2.62 bits per heavy atom. The van der Waals surface area contributed by atoms with Crippen LogP contribution in [0.2, 0.25) is 0 Å². The van der Waals surface area contributed by atoms with E-state index in [0.717, 1.165) is 16.9 Å². The largest absolute Gasteiger partial charge is 0.494 e. The van der Waals surface area contributed by atoms with E-state index in [2.05, 4.69) is 16.9 Å². The lowest BCUT2D eigenvalue weighted by Crippen LogP contribution is -2.19. The summed E-state index contributed by atoms with van der Waals surface area (Å²) in [6.45, 7) is 6.45. The highest BCUT2D eigenvalue weighted by Gasteiger charge is 2.24. The topological polar surface area (TPSA) is 112 Å². The number of methoxy groups -OCH3 is 1. The molecule has 0 saturated carbocycles. The molecule has 0 aliphatic carbocycles. The quantitative estimate of drug-likeness (QED) is 0.132. The van der Waals surface area contributed by atoms with Crippen LogP contribution in [0.25, 0.3) is 6.08 Å². The standard InChI is InChI=1S/C29H27N3O6S/c1-4-7-21-14-20(16-25(36-3)27(21)38-18-19-8-6-9-23(15-19)32(34)35)17-26-28(33)31-29(39-26)30-22-10-12-24(13-11-22)37-5-2/h4,6,8-17H,1,5,7,18H2,2-3H3,(H,30,31,33)/b26-17+. The van der Waals surface area contributed by atoms with Crippen LogP contribution in [-0.4, -0.2) is 29.7 Å². The number of hydrogen-bond donors (Lipinski definition) is 1. The van der Waals surface area contributed by atoms with Gasteiger partial charge >= 0.3 is 0 Å². The minimum absolute atomic E-state index is 0.00544. The average Bonchev–Trinajstić information content (AvgIpc) is 3.27. The lowest BCUT2D eigenvalue weighted by atomic mass is 10.0. The van der Waals surface area contributed by atoms with Gasteiger partial charge in [0.15, 0.2) is 16.7 Å². The van der Waals surface area contributed by atoms with Gasteiger partial charge in [0.2, 0.25) is 0 Å². The normalized spacial score (nSPS) is 14.8. The fourth-order valence-electron chi connectivity index (χ4n) is 3.84. The third kappa shape index (κ3) is 7.05. The fourth-order valence-corrected chi connectivity index (χ4v) is 4.68. The summed E-state index contributed by atoms with van der Waals surface area (Å²) in [5, 5.41) is 14.4. The first kappa shape index (κ1) is 27.5. The molecule has 1 aliphatic rings. The average molecular weight is 546 g/mol. The number of carbonyl (C=O) groups excluding carboxylic acids is 1. The van der Waals surface area contributed by atoms with Crippen molar-refractivity contribution in [3.05, 3.63) is 105 Å². The molecule has 0 radical (unpaired) electrons. The zero-order valence-corrected chi connectivity index (χ0v) is 22.3. The third-order valence-corrected chi connectivity index (χ3v) is 6.48. The predicted molar refractivity (Wildman–Crippen MR) is 153 cm³/mol. The van der Waals surface area contributed by atoms with Crippen molar-refractivity contribution >= 4 is 40.3 Å². The van der Waals surface area contributed by atoms with Gasteiger partial charge < -0.3 is 19.5 Å². The summed E-state index contributed by atoms with van der Waals surface area (Å²) in [5.74, 6) is 1.48. The number of benzene rings is 3. The van der Waals surface area contributed by atoms with E-state index in [9.17, 15) is 14.9 Å². The number of thioether (sulfide) groups is 1. The van der Waals surface area contributed by atoms with Gasteiger partial charge in [0.1, 0.15) is 12.4 Å². The number of ether oxygens (including phenoxy) is 3. The van der Waals surface area contributed by atoms with Crippen molar-refractivity contribution in [1.29, 1.82) is 0 Å². The molecular formula is C29H27N3O6S. The van der Waals surface area contributed by atoms with Gasteiger partial charge in [-0.2, -0.15) is 0 Å². The molecule has 39 heavy (non-hydrogen) atoms. The molecule has 0 spiro atoms. The molecule has 3 aromatic rings. The molecule has 0 atom stereocenters. The van der Waals surface area contributed by atoms with E-state index in [0.29, 0.717) is 45.9 Å². The molecule has 0 unspecified atom stereocenters. The van der Waals surface area contributed by atoms with E-state index in [4.69, 9.17) is 14.2 Å². The number of non-ortho nitro benzene ring substituents is 1. The van der Waals surface area contributed by atoms with E-state index in [1.54, 1.807) is 30.4 Å². The summed E-state index contributed by atoms with van der Waals surface area (Å²) in [7, 11) is 1.53. The van der Waals surface area contributed by atoms with Crippen LogP contribution in [-0.2, 0) is 17.8 Å². The van der Waals surface area contributed by atoms with Crippen LogP contribution in [0.5, 0.6) is 17.2 Å². The van der Waals surface area contributed by atoms with Crippen molar-refractivity contribution in [2.75, 3.05) is 13.7 Å². The molecule has 0 aromatic heterocycles. The molecule has 1 heterocycles. The Morgan fingerprint density at radius 2 is 1.92 bits per heavy atom. The van der Waals surface area contributed by atoms with Crippen LogP contribution >= 0.6 is 11.8 Å². The zero-order chi connectivity index (χ0) is 27.8. The van der Waals surface area contributed by atoms with Gasteiger partial charge in [0.25, 0.3) is 11.6 Å². The maximum absolute atomic E-state index is 12.7. The summed E-state index contributed by atoms with van der Waals surface area (Å²) in [4.78, 5) is 28.3. The molecule has 200 valence electrons. The number of nitro groups is 1. The highest BCUT2D eigenvalue weighted by molar-refractivity contribution is 8.18. The second-order valence-electron chi connectivity index (χ2n) is 8.33. The minimum atomic E-state index is -0.443. The van der Waals surface area contributed by atoms with Crippen molar-refractivity contribution in [1.82, 2.24) is 5.32 Å². The van der Waals surface area contributed by atoms with Crippen molar-refractivity contribution < 1.29 is 23.9 Å². The van der Waals surface area contributed by atoms with Crippen LogP contribution in [0.15, 0.2) is 83.2 Å². The van der Waals surface area contributed by atoms with Gasteiger partial charge in [-0.25, -0.2) is 4.99 Å². The van der Waals surface area contributed by atoms with Crippen molar-refractivity contribution in [2.45, 2.75) is 20.0 Å². The fraction of sp³-hybridized carbons (Fsp3) is 0.172. The molecule has 1 N–H and O–H groups in total. The van der Waals surface area contributed by atoms with E-state index in [-0.39, 0.29) is 18.2 Å². The first-order chi connectivity index (χ1) is 18.9. The molecule has 1 amide bonds. The van der Waals surface area contributed by atoms with Crippen LogP contribution in [0.1, 0.15) is 23.6 Å². The van der Waals surface area contributed by atoms with Crippen LogP contribution in [0.3, 0.4) is 0 Å². The molecule has 9 nitrogen and oxygen atoms in total. The van der Waals surface area contributed by atoms with Crippen molar-refractivity contribution in [3.63, 3.8) is 0 Å². The molecule has 4 rings (SSSR count). The summed E-state index contributed by atoms with van der Waals surface area (Å²) in [5.41, 5.74) is 2.89. The Labute approximate surface area is 230 Å². The second-order valence-corrected chi connectivity index (χ2v) is 9.36. The van der Waals surface area contributed by atoms with Gasteiger partial charge in [-0.1, -0.05) is 18.2 Å². The number of allylic oxidation sites excluding steroid dienone is 1. The molecule has 0 bridgehead atoms. The number of rotatable bonds is 11. The first-order valence-electron chi connectivity index (χ1n) is 12.1. The molecular weight excluding hydrogens is 518 g/mol. The van der Waals surface area contributed by atoms with Gasteiger partial charge in [-0.05, 0) is 78.7 Å². The Kier molecular flexibility index (Phi) is 9.01. The number of hydrogen-bond acceptors (Lipinski definition) is 8. The number of nitro benzene ring substituents is 1. The zero-order valence-electron chi connectivity index (χ0n) is 21.5. The number of amides is 1. The summed E-state index contributed by atoms with van der Waals surface area (Å²) in [6, 6.07) is 17.3. The first-order valence-corrected chi connectivity index (χ1v) is 12.9. The highest BCUT2D eigenvalue weighted by Crippen LogP contribution is 2.36. The molecule has 1 saturated heterocycles. The van der Waals surface area contributed by atoms with Gasteiger partial charge in [-0.15, -0.1) is 6.58 Å². The third-order valence-electron chi connectivity index (χ3n) is 5.57. The Balaban J connectivity index is 1.56. The van der Waals surface area contributed by atoms with Gasteiger partial charge in [-0.3, -0.25) is 14.9 Å². The minimum Gasteiger partial charge on any atom is -0.494 e.